The Kier molecular flexibility index (Phi) is 4.84. The van der Waals surface area contributed by atoms with E-state index in [1.165, 1.54) is 12.3 Å². The van der Waals surface area contributed by atoms with Gasteiger partial charge in [0.05, 0.1) is 12.7 Å². The monoisotopic (exact) mass is 334 g/mol. The number of aromatic nitrogens is 4. The Bertz CT molecular complexity index is 969. The number of pyridine rings is 1. The van der Waals surface area contributed by atoms with E-state index in [2.05, 4.69) is 15.4 Å². The van der Waals surface area contributed by atoms with Gasteiger partial charge in [-0.25, -0.2) is 4.68 Å². The molecule has 1 aromatic carbocycles. The van der Waals surface area contributed by atoms with Gasteiger partial charge in [-0.3, -0.25) is 4.79 Å². The van der Waals surface area contributed by atoms with Crippen LogP contribution in [0, 0.1) is 6.92 Å². The fourth-order valence-corrected chi connectivity index (χ4v) is 2.33. The van der Waals surface area contributed by atoms with Gasteiger partial charge in [-0.2, -0.15) is 9.78 Å². The Hall–Kier alpha value is -3.48. The molecule has 0 aliphatic heterocycles. The fraction of sp³-hybridized carbons (Fsp3) is 0.111. The summed E-state index contributed by atoms with van der Waals surface area (Å²) in [5, 5.41) is 12.2. The van der Waals surface area contributed by atoms with E-state index in [1.807, 2.05) is 43.5 Å². The molecular weight excluding hydrogens is 316 g/mol. The van der Waals surface area contributed by atoms with Crippen molar-refractivity contribution in [2.24, 2.45) is 5.10 Å². The second-order valence-electron chi connectivity index (χ2n) is 5.56. The molecule has 2 heterocycles. The molecule has 3 aromatic rings. The van der Waals surface area contributed by atoms with Gasteiger partial charge in [0, 0.05) is 12.3 Å². The number of aryl methyl sites for hydroxylation is 1. The summed E-state index contributed by atoms with van der Waals surface area (Å²) in [5.41, 5.74) is 8.18. The lowest BCUT2D eigenvalue weighted by atomic mass is 10.2. The first-order valence-corrected chi connectivity index (χ1v) is 7.76. The molecule has 0 atom stereocenters. The van der Waals surface area contributed by atoms with Crippen molar-refractivity contribution in [3.8, 4) is 0 Å². The second kappa shape index (κ2) is 7.39. The maximum absolute atomic E-state index is 11.8. The number of anilines is 1. The molecule has 2 N–H and O–H groups in total. The van der Waals surface area contributed by atoms with Crippen molar-refractivity contribution in [1.29, 1.82) is 0 Å². The molecule has 0 saturated heterocycles. The summed E-state index contributed by atoms with van der Waals surface area (Å²) in [6.07, 6.45) is 6.77. The molecule has 0 aliphatic carbocycles. The number of rotatable bonds is 5. The minimum Gasteiger partial charge on any atom is -0.384 e. The first kappa shape index (κ1) is 16.4. The topological polar surface area (TPSA) is 91.1 Å². The van der Waals surface area contributed by atoms with Crippen LogP contribution < -0.4 is 11.3 Å². The molecule has 126 valence electrons. The van der Waals surface area contributed by atoms with E-state index < -0.39 is 0 Å². The van der Waals surface area contributed by atoms with Gasteiger partial charge in [0.15, 0.2) is 0 Å². The first-order chi connectivity index (χ1) is 12.1. The third-order valence-corrected chi connectivity index (χ3v) is 3.46. The molecule has 0 bridgehead atoms. The summed E-state index contributed by atoms with van der Waals surface area (Å²) < 4.78 is 2.90. The van der Waals surface area contributed by atoms with Crippen LogP contribution in [-0.2, 0) is 6.54 Å². The van der Waals surface area contributed by atoms with Gasteiger partial charge in [-0.15, -0.1) is 5.10 Å². The molecule has 0 fully saturated rings. The molecule has 0 saturated carbocycles. The molecular formula is C18H18N6O. The number of hydrogen-bond acceptors (Lipinski definition) is 5. The summed E-state index contributed by atoms with van der Waals surface area (Å²) in [6.45, 7) is 2.47. The maximum atomic E-state index is 11.8. The summed E-state index contributed by atoms with van der Waals surface area (Å²) in [4.78, 5) is 11.8. The molecule has 7 heteroatoms. The lowest BCUT2D eigenvalue weighted by Crippen LogP contribution is -2.18. The summed E-state index contributed by atoms with van der Waals surface area (Å²) >= 11 is 0. The van der Waals surface area contributed by atoms with Gasteiger partial charge in [-0.1, -0.05) is 35.5 Å². The highest BCUT2D eigenvalue weighted by Gasteiger charge is 2.00. The molecule has 25 heavy (non-hydrogen) atoms. The second-order valence-corrected chi connectivity index (χ2v) is 5.56. The number of allylic oxidation sites excluding steroid dienone is 1. The zero-order valence-electron chi connectivity index (χ0n) is 13.8. The van der Waals surface area contributed by atoms with Crippen molar-refractivity contribution in [3.63, 3.8) is 0 Å². The highest BCUT2D eigenvalue weighted by molar-refractivity contribution is 5.77. The molecule has 2 aromatic heterocycles. The van der Waals surface area contributed by atoms with Gasteiger partial charge < -0.3 is 5.73 Å². The Morgan fingerprint density at radius 1 is 1.24 bits per heavy atom. The van der Waals surface area contributed by atoms with Crippen molar-refractivity contribution < 1.29 is 0 Å². The van der Waals surface area contributed by atoms with E-state index in [-0.39, 0.29) is 5.56 Å². The Balaban J connectivity index is 1.66. The van der Waals surface area contributed by atoms with E-state index in [4.69, 9.17) is 5.73 Å². The van der Waals surface area contributed by atoms with Crippen LogP contribution in [0.5, 0.6) is 0 Å². The lowest BCUT2D eigenvalue weighted by molar-refractivity contribution is 0.649. The molecule has 3 rings (SSSR count). The van der Waals surface area contributed by atoms with Crippen LogP contribution in [0.4, 0.5) is 5.82 Å². The van der Waals surface area contributed by atoms with Crippen LogP contribution in [0.25, 0.3) is 6.08 Å². The third-order valence-electron chi connectivity index (χ3n) is 3.46. The maximum Gasteiger partial charge on any atom is 0.273 e. The van der Waals surface area contributed by atoms with Gasteiger partial charge in [0.25, 0.3) is 5.56 Å². The molecule has 7 nitrogen and oxygen atoms in total. The SMILES string of the molecule is Cc1cc(N)n(/N=C\C=C\c2cn(Cc3ccccc3)nn2)c(=O)c1. The van der Waals surface area contributed by atoms with E-state index in [0.717, 1.165) is 15.8 Å². The van der Waals surface area contributed by atoms with Crippen molar-refractivity contribution in [3.05, 3.63) is 81.9 Å². The van der Waals surface area contributed by atoms with Crippen molar-refractivity contribution in [2.75, 3.05) is 5.73 Å². The number of hydrogen-bond donors (Lipinski definition) is 1. The van der Waals surface area contributed by atoms with Crippen molar-refractivity contribution in [1.82, 2.24) is 19.7 Å². The van der Waals surface area contributed by atoms with Crippen LogP contribution in [0.15, 0.2) is 64.6 Å². The smallest absolute Gasteiger partial charge is 0.273 e. The van der Waals surface area contributed by atoms with Gasteiger partial charge in [0.1, 0.15) is 11.5 Å². The standard InChI is InChI=1S/C18H18N6O/c1-14-10-17(19)24(18(25)11-14)20-9-5-8-16-13-23(22-21-16)12-15-6-3-2-4-7-15/h2-11,13H,12,19H2,1H3/b8-5+,20-9-. The normalized spacial score (nSPS) is 11.6. The zero-order chi connectivity index (χ0) is 17.6. The van der Waals surface area contributed by atoms with Gasteiger partial charge >= 0.3 is 0 Å². The van der Waals surface area contributed by atoms with Gasteiger partial charge in [0.2, 0.25) is 0 Å². The van der Waals surface area contributed by atoms with E-state index in [1.54, 1.807) is 22.9 Å². The quantitative estimate of drug-likeness (QED) is 0.722. The van der Waals surface area contributed by atoms with Crippen LogP contribution in [0.1, 0.15) is 16.8 Å². The van der Waals surface area contributed by atoms with Crippen LogP contribution in [0.2, 0.25) is 0 Å². The van der Waals surface area contributed by atoms with Crippen molar-refractivity contribution >= 4 is 18.1 Å². The van der Waals surface area contributed by atoms with Crippen LogP contribution in [0.3, 0.4) is 0 Å². The molecule has 0 aliphatic rings. The third kappa shape index (κ3) is 4.29. The Morgan fingerprint density at radius 3 is 2.80 bits per heavy atom. The Labute approximate surface area is 144 Å². The molecule has 0 amide bonds. The van der Waals surface area contributed by atoms with E-state index in [0.29, 0.717) is 18.1 Å². The molecule has 0 spiro atoms. The minimum atomic E-state index is -0.268. The predicted molar refractivity (Wildman–Crippen MR) is 98.3 cm³/mol. The number of nitrogens with two attached hydrogens (primary N) is 1. The largest absolute Gasteiger partial charge is 0.384 e. The zero-order valence-corrected chi connectivity index (χ0v) is 13.8. The van der Waals surface area contributed by atoms with E-state index >= 15 is 0 Å². The molecule has 0 radical (unpaired) electrons. The summed E-state index contributed by atoms with van der Waals surface area (Å²) in [5.74, 6) is 0.295. The number of nitrogens with zero attached hydrogens (tertiary/aromatic N) is 5. The number of nitrogen functional groups attached to an aromatic ring is 1. The van der Waals surface area contributed by atoms with Gasteiger partial charge in [-0.05, 0) is 36.3 Å². The fourth-order valence-electron chi connectivity index (χ4n) is 2.33. The molecule has 0 unspecified atom stereocenters. The van der Waals surface area contributed by atoms with Crippen molar-refractivity contribution in [2.45, 2.75) is 13.5 Å². The summed E-state index contributed by atoms with van der Waals surface area (Å²) in [6, 6.07) is 13.2. The van der Waals surface area contributed by atoms with E-state index in [9.17, 15) is 4.79 Å². The highest BCUT2D eigenvalue weighted by atomic mass is 16.1. The lowest BCUT2D eigenvalue weighted by Gasteiger charge is -2.02. The predicted octanol–water partition coefficient (Wildman–Crippen LogP) is 1.93. The average Bonchev–Trinajstić information content (AvgIpc) is 3.01. The highest BCUT2D eigenvalue weighted by Crippen LogP contribution is 2.04. The van der Waals surface area contributed by atoms with Crippen LogP contribution >= 0.6 is 0 Å². The summed E-state index contributed by atoms with van der Waals surface area (Å²) in [7, 11) is 0. The minimum absolute atomic E-state index is 0.268. The van der Waals surface area contributed by atoms with Crippen LogP contribution in [-0.4, -0.2) is 25.9 Å². The average molecular weight is 334 g/mol. The Morgan fingerprint density at radius 2 is 2.04 bits per heavy atom. The first-order valence-electron chi connectivity index (χ1n) is 7.76. The number of benzene rings is 1.